The SMILES string of the molecule is O=C1NN(c2ccc(Cl)cc2)C(=O)C1=Cc1ccc(N2CCOCC2)cc1. The van der Waals surface area contributed by atoms with E-state index in [1.165, 1.54) is 5.01 Å². The zero-order valence-corrected chi connectivity index (χ0v) is 15.3. The molecule has 0 saturated carbocycles. The molecule has 6 nitrogen and oxygen atoms in total. The number of amides is 2. The van der Waals surface area contributed by atoms with Crippen molar-refractivity contribution in [3.63, 3.8) is 0 Å². The summed E-state index contributed by atoms with van der Waals surface area (Å²) in [6, 6.07) is 14.5. The van der Waals surface area contributed by atoms with Gasteiger partial charge in [-0.2, -0.15) is 0 Å². The Kier molecular flexibility index (Phi) is 4.83. The maximum absolute atomic E-state index is 12.6. The molecule has 2 saturated heterocycles. The molecule has 27 heavy (non-hydrogen) atoms. The zero-order chi connectivity index (χ0) is 18.8. The molecule has 0 spiro atoms. The molecule has 0 radical (unpaired) electrons. The van der Waals surface area contributed by atoms with Crippen LogP contribution in [0.25, 0.3) is 6.08 Å². The van der Waals surface area contributed by atoms with Crippen LogP contribution in [0.4, 0.5) is 11.4 Å². The number of nitrogens with one attached hydrogen (secondary N) is 1. The molecule has 0 aromatic heterocycles. The molecular formula is C20H18ClN3O3. The summed E-state index contributed by atoms with van der Waals surface area (Å²) in [5, 5.41) is 1.79. The monoisotopic (exact) mass is 383 g/mol. The van der Waals surface area contributed by atoms with Crippen molar-refractivity contribution in [3.8, 4) is 0 Å². The number of ether oxygens (including phenoxy) is 1. The van der Waals surface area contributed by atoms with Crippen molar-refractivity contribution in [1.82, 2.24) is 5.43 Å². The first kappa shape index (κ1) is 17.6. The normalized spacial score (nSPS) is 18.9. The number of anilines is 2. The van der Waals surface area contributed by atoms with Crippen molar-refractivity contribution in [3.05, 3.63) is 64.7 Å². The van der Waals surface area contributed by atoms with Crippen LogP contribution in [-0.4, -0.2) is 38.1 Å². The van der Waals surface area contributed by atoms with Gasteiger partial charge in [-0.25, -0.2) is 5.01 Å². The van der Waals surface area contributed by atoms with Crippen LogP contribution in [0.3, 0.4) is 0 Å². The van der Waals surface area contributed by atoms with Gasteiger partial charge in [0.2, 0.25) is 0 Å². The van der Waals surface area contributed by atoms with Crippen LogP contribution < -0.4 is 15.3 Å². The topological polar surface area (TPSA) is 61.9 Å². The molecule has 0 bridgehead atoms. The Hall–Kier alpha value is -2.83. The molecule has 1 N–H and O–H groups in total. The van der Waals surface area contributed by atoms with Gasteiger partial charge in [-0.3, -0.25) is 15.0 Å². The third-order valence-corrected chi connectivity index (χ3v) is 4.81. The molecule has 2 aliphatic heterocycles. The van der Waals surface area contributed by atoms with E-state index in [0.29, 0.717) is 10.7 Å². The third kappa shape index (κ3) is 3.67. The molecule has 0 unspecified atom stereocenters. The maximum atomic E-state index is 12.6. The second-order valence-corrected chi connectivity index (χ2v) is 6.74. The van der Waals surface area contributed by atoms with Crippen LogP contribution in [-0.2, 0) is 14.3 Å². The van der Waals surface area contributed by atoms with Gasteiger partial charge in [0.25, 0.3) is 11.8 Å². The number of halogens is 1. The summed E-state index contributed by atoms with van der Waals surface area (Å²) in [6.45, 7) is 3.16. The quantitative estimate of drug-likeness (QED) is 0.653. The predicted molar refractivity (Wildman–Crippen MR) is 105 cm³/mol. The molecule has 2 aromatic rings. The lowest BCUT2D eigenvalue weighted by atomic mass is 10.1. The van der Waals surface area contributed by atoms with Gasteiger partial charge < -0.3 is 9.64 Å². The minimum Gasteiger partial charge on any atom is -0.378 e. The van der Waals surface area contributed by atoms with E-state index in [1.54, 1.807) is 30.3 Å². The molecule has 138 valence electrons. The number of benzene rings is 2. The fraction of sp³-hybridized carbons (Fsp3) is 0.200. The average Bonchev–Trinajstić information content (AvgIpc) is 2.98. The lowest BCUT2D eigenvalue weighted by molar-refractivity contribution is -0.117. The van der Waals surface area contributed by atoms with Gasteiger partial charge in [0, 0.05) is 23.8 Å². The Morgan fingerprint density at radius 2 is 1.56 bits per heavy atom. The van der Waals surface area contributed by atoms with E-state index in [9.17, 15) is 9.59 Å². The summed E-state index contributed by atoms with van der Waals surface area (Å²) in [6.07, 6.45) is 1.61. The van der Waals surface area contributed by atoms with Crippen LogP contribution in [0.5, 0.6) is 0 Å². The van der Waals surface area contributed by atoms with Crippen molar-refractivity contribution < 1.29 is 14.3 Å². The minimum absolute atomic E-state index is 0.101. The van der Waals surface area contributed by atoms with Gasteiger partial charge in [-0.15, -0.1) is 0 Å². The second-order valence-electron chi connectivity index (χ2n) is 6.31. The number of nitrogens with zero attached hydrogens (tertiary/aromatic N) is 2. The van der Waals surface area contributed by atoms with E-state index >= 15 is 0 Å². The Bertz CT molecular complexity index is 888. The fourth-order valence-corrected chi connectivity index (χ4v) is 3.22. The summed E-state index contributed by atoms with van der Waals surface area (Å²) < 4.78 is 5.37. The van der Waals surface area contributed by atoms with Crippen LogP contribution in [0.1, 0.15) is 5.56 Å². The summed E-state index contributed by atoms with van der Waals surface area (Å²) in [7, 11) is 0. The standard InChI is InChI=1S/C20H18ClN3O3/c21-15-3-7-17(8-4-15)24-20(26)18(19(25)22-24)13-14-1-5-16(6-2-14)23-9-11-27-12-10-23/h1-8,13H,9-12H2,(H,22,25). The summed E-state index contributed by atoms with van der Waals surface area (Å²) in [5.41, 5.74) is 5.14. The van der Waals surface area contributed by atoms with Crippen LogP contribution in [0, 0.1) is 0 Å². The van der Waals surface area contributed by atoms with E-state index < -0.39 is 5.91 Å². The van der Waals surface area contributed by atoms with Gasteiger partial charge in [0.1, 0.15) is 5.57 Å². The van der Waals surface area contributed by atoms with Gasteiger partial charge in [-0.1, -0.05) is 23.7 Å². The smallest absolute Gasteiger partial charge is 0.282 e. The Balaban J connectivity index is 1.53. The van der Waals surface area contributed by atoms with Gasteiger partial charge in [-0.05, 0) is 48.0 Å². The molecule has 2 heterocycles. The lowest BCUT2D eigenvalue weighted by Gasteiger charge is -2.28. The van der Waals surface area contributed by atoms with E-state index in [1.807, 2.05) is 24.3 Å². The molecule has 7 heteroatoms. The first-order valence-electron chi connectivity index (χ1n) is 8.67. The number of hydrogen-bond donors (Lipinski definition) is 1. The highest BCUT2D eigenvalue weighted by molar-refractivity contribution is 6.32. The van der Waals surface area contributed by atoms with Crippen LogP contribution in [0.15, 0.2) is 54.1 Å². The number of hydrogen-bond acceptors (Lipinski definition) is 4. The Morgan fingerprint density at radius 3 is 2.22 bits per heavy atom. The predicted octanol–water partition coefficient (Wildman–Crippen LogP) is 2.64. The van der Waals surface area contributed by atoms with E-state index in [2.05, 4.69) is 10.3 Å². The average molecular weight is 384 g/mol. The summed E-state index contributed by atoms with van der Waals surface area (Å²) in [5.74, 6) is -0.813. The first-order valence-corrected chi connectivity index (χ1v) is 9.05. The van der Waals surface area contributed by atoms with Gasteiger partial charge in [0.05, 0.1) is 18.9 Å². The summed E-state index contributed by atoms with van der Waals surface area (Å²) in [4.78, 5) is 27.1. The highest BCUT2D eigenvalue weighted by Crippen LogP contribution is 2.24. The number of carbonyl (C=O) groups is 2. The Morgan fingerprint density at radius 1 is 0.926 bits per heavy atom. The molecular weight excluding hydrogens is 366 g/mol. The maximum Gasteiger partial charge on any atom is 0.282 e. The highest BCUT2D eigenvalue weighted by Gasteiger charge is 2.34. The van der Waals surface area contributed by atoms with Gasteiger partial charge in [0.15, 0.2) is 0 Å². The van der Waals surface area contributed by atoms with E-state index in [-0.39, 0.29) is 11.5 Å². The van der Waals surface area contributed by atoms with Crippen molar-refractivity contribution in [2.45, 2.75) is 0 Å². The number of hydrazine groups is 1. The zero-order valence-electron chi connectivity index (χ0n) is 14.5. The molecule has 2 amide bonds. The molecule has 2 aliphatic rings. The highest BCUT2D eigenvalue weighted by atomic mass is 35.5. The largest absolute Gasteiger partial charge is 0.378 e. The molecule has 4 rings (SSSR count). The van der Waals surface area contributed by atoms with Crippen molar-refractivity contribution in [1.29, 1.82) is 0 Å². The lowest BCUT2D eigenvalue weighted by Crippen LogP contribution is -2.36. The van der Waals surface area contributed by atoms with Crippen molar-refractivity contribution in [2.75, 3.05) is 36.2 Å². The second kappa shape index (κ2) is 7.42. The first-order chi connectivity index (χ1) is 13.1. The van der Waals surface area contributed by atoms with Crippen LogP contribution >= 0.6 is 11.6 Å². The van der Waals surface area contributed by atoms with Crippen molar-refractivity contribution >= 4 is 40.9 Å². The van der Waals surface area contributed by atoms with Crippen molar-refractivity contribution in [2.24, 2.45) is 0 Å². The molecule has 0 aliphatic carbocycles. The minimum atomic E-state index is -0.424. The van der Waals surface area contributed by atoms with Crippen LogP contribution in [0.2, 0.25) is 5.02 Å². The van der Waals surface area contributed by atoms with E-state index in [4.69, 9.17) is 16.3 Å². The molecule has 2 aromatic carbocycles. The fourth-order valence-electron chi connectivity index (χ4n) is 3.10. The van der Waals surface area contributed by atoms with Gasteiger partial charge >= 0.3 is 0 Å². The van der Waals surface area contributed by atoms with E-state index in [0.717, 1.165) is 37.6 Å². The molecule has 2 fully saturated rings. The Labute approximate surface area is 161 Å². The molecule has 0 atom stereocenters. The number of rotatable bonds is 3. The third-order valence-electron chi connectivity index (χ3n) is 4.56. The number of morpholine rings is 1. The summed E-state index contributed by atoms with van der Waals surface area (Å²) >= 11 is 5.88. The number of carbonyl (C=O) groups excluding carboxylic acids is 2.